The molecular formula is C10H4F9. The quantitative estimate of drug-likeness (QED) is 0.600. The highest BCUT2D eigenvalue weighted by atomic mass is 19.4. The van der Waals surface area contributed by atoms with Crippen LogP contribution in [0.1, 0.15) is 22.3 Å². The average Bonchev–Trinajstić information content (AvgIpc) is 2.11. The summed E-state index contributed by atoms with van der Waals surface area (Å²) in [5.74, 6) is 0. The molecule has 19 heavy (non-hydrogen) atoms. The normalized spacial score (nSPS) is 13.8. The van der Waals surface area contributed by atoms with Crippen molar-refractivity contribution in [3.05, 3.63) is 34.4 Å². The predicted octanol–water partition coefficient (Wildman–Crippen LogP) is 4.85. The fraction of sp³-hybridized carbons (Fsp3) is 0.400. The van der Waals surface area contributed by atoms with Crippen LogP contribution in [0.15, 0.2) is 6.07 Å². The third-order valence-electron chi connectivity index (χ3n) is 2.26. The van der Waals surface area contributed by atoms with Crippen LogP contribution in [0.5, 0.6) is 0 Å². The van der Waals surface area contributed by atoms with Gasteiger partial charge in [-0.2, -0.15) is 39.5 Å². The van der Waals surface area contributed by atoms with Crippen LogP contribution in [-0.2, 0) is 18.5 Å². The molecule has 0 saturated heterocycles. The predicted molar refractivity (Wildman–Crippen MR) is 45.0 cm³/mol. The van der Waals surface area contributed by atoms with E-state index in [1.54, 1.807) is 0 Å². The Morgan fingerprint density at radius 3 is 1.58 bits per heavy atom. The molecule has 1 radical (unpaired) electrons. The molecule has 9 heteroatoms. The molecule has 0 amide bonds. The van der Waals surface area contributed by atoms with E-state index in [9.17, 15) is 39.5 Å². The van der Waals surface area contributed by atoms with Crippen molar-refractivity contribution in [2.75, 3.05) is 0 Å². The first-order valence-corrected chi connectivity index (χ1v) is 4.53. The van der Waals surface area contributed by atoms with E-state index >= 15 is 0 Å². The summed E-state index contributed by atoms with van der Waals surface area (Å²) in [6.45, 7) is 0.342. The standard InChI is InChI=1S/C10H4F9/c1-4-5(8(11,12)13)2-3-6(9(14,15)16)7(4)10(17,18)19/h2H,1H3. The summed E-state index contributed by atoms with van der Waals surface area (Å²) < 4.78 is 112. The first-order valence-electron chi connectivity index (χ1n) is 4.53. The summed E-state index contributed by atoms with van der Waals surface area (Å²) in [5, 5.41) is 0. The summed E-state index contributed by atoms with van der Waals surface area (Å²) in [7, 11) is 0. The van der Waals surface area contributed by atoms with Gasteiger partial charge in [0.05, 0.1) is 16.7 Å². The molecule has 0 spiro atoms. The maximum Gasteiger partial charge on any atom is 0.417 e. The molecule has 0 aliphatic rings. The molecule has 0 aliphatic carbocycles. The zero-order valence-corrected chi connectivity index (χ0v) is 8.98. The van der Waals surface area contributed by atoms with E-state index in [-0.39, 0.29) is 6.07 Å². The van der Waals surface area contributed by atoms with Crippen LogP contribution < -0.4 is 0 Å². The molecule has 0 unspecified atom stereocenters. The first kappa shape index (κ1) is 15.6. The monoisotopic (exact) mass is 295 g/mol. The molecule has 0 N–H and O–H groups in total. The van der Waals surface area contributed by atoms with Crippen molar-refractivity contribution >= 4 is 0 Å². The number of halogens is 9. The van der Waals surface area contributed by atoms with Gasteiger partial charge in [0.15, 0.2) is 0 Å². The second-order valence-corrected chi connectivity index (χ2v) is 3.57. The second kappa shape index (κ2) is 4.31. The lowest BCUT2D eigenvalue weighted by Crippen LogP contribution is -2.21. The lowest BCUT2D eigenvalue weighted by Gasteiger charge is -2.20. The fourth-order valence-electron chi connectivity index (χ4n) is 1.52. The van der Waals surface area contributed by atoms with E-state index in [0.717, 1.165) is 6.07 Å². The number of hydrogen-bond acceptors (Lipinski definition) is 0. The maximum atomic E-state index is 12.5. The van der Waals surface area contributed by atoms with E-state index in [1.807, 2.05) is 0 Å². The smallest absolute Gasteiger partial charge is 0.166 e. The number of alkyl halides is 9. The molecule has 0 fully saturated rings. The summed E-state index contributed by atoms with van der Waals surface area (Å²) in [4.78, 5) is 0. The van der Waals surface area contributed by atoms with Crippen LogP contribution in [0.2, 0.25) is 0 Å². The van der Waals surface area contributed by atoms with Crippen molar-refractivity contribution in [3.8, 4) is 0 Å². The Morgan fingerprint density at radius 1 is 0.789 bits per heavy atom. The van der Waals surface area contributed by atoms with Gasteiger partial charge in [0, 0.05) is 0 Å². The fourth-order valence-corrected chi connectivity index (χ4v) is 1.52. The lowest BCUT2D eigenvalue weighted by molar-refractivity contribution is -0.164. The van der Waals surface area contributed by atoms with Crippen LogP contribution >= 0.6 is 0 Å². The topological polar surface area (TPSA) is 0 Å². The summed E-state index contributed by atoms with van der Waals surface area (Å²) in [6.07, 6.45) is -16.2. The third-order valence-corrected chi connectivity index (χ3v) is 2.26. The van der Waals surface area contributed by atoms with Crippen molar-refractivity contribution in [1.29, 1.82) is 0 Å². The summed E-state index contributed by atoms with van der Waals surface area (Å²) in [6, 6.07) is 0.903. The minimum absolute atomic E-state index is 0.132. The highest BCUT2D eigenvalue weighted by Crippen LogP contribution is 2.45. The van der Waals surface area contributed by atoms with Gasteiger partial charge in [0.1, 0.15) is 0 Å². The third kappa shape index (κ3) is 3.13. The van der Waals surface area contributed by atoms with Gasteiger partial charge >= 0.3 is 18.5 Å². The molecule has 0 nitrogen and oxygen atoms in total. The van der Waals surface area contributed by atoms with Gasteiger partial charge in [-0.3, -0.25) is 0 Å². The van der Waals surface area contributed by atoms with E-state index in [1.165, 1.54) is 0 Å². The van der Waals surface area contributed by atoms with Crippen LogP contribution in [0, 0.1) is 13.0 Å². The Labute approximate surface area is 100 Å². The summed E-state index contributed by atoms with van der Waals surface area (Å²) in [5.41, 5.74) is -7.95. The Morgan fingerprint density at radius 2 is 1.26 bits per heavy atom. The van der Waals surface area contributed by atoms with Gasteiger partial charge in [-0.25, -0.2) is 0 Å². The van der Waals surface area contributed by atoms with Crippen molar-refractivity contribution < 1.29 is 39.5 Å². The highest BCUT2D eigenvalue weighted by molar-refractivity contribution is 5.44. The van der Waals surface area contributed by atoms with Crippen LogP contribution in [0.25, 0.3) is 0 Å². The van der Waals surface area contributed by atoms with Gasteiger partial charge in [-0.15, -0.1) is 0 Å². The van der Waals surface area contributed by atoms with Crippen LogP contribution in [0.4, 0.5) is 39.5 Å². The molecule has 0 atom stereocenters. The van der Waals surface area contributed by atoms with Crippen molar-refractivity contribution in [2.24, 2.45) is 0 Å². The van der Waals surface area contributed by atoms with E-state index in [0.29, 0.717) is 6.92 Å². The minimum atomic E-state index is -5.56. The average molecular weight is 295 g/mol. The van der Waals surface area contributed by atoms with Gasteiger partial charge in [0.2, 0.25) is 0 Å². The zero-order chi connectivity index (χ0) is 15.2. The summed E-state index contributed by atoms with van der Waals surface area (Å²) >= 11 is 0. The van der Waals surface area contributed by atoms with Gasteiger partial charge in [0.25, 0.3) is 0 Å². The molecule has 1 aromatic rings. The Kier molecular flexibility index (Phi) is 3.55. The zero-order valence-electron chi connectivity index (χ0n) is 8.98. The molecule has 107 valence electrons. The maximum absolute atomic E-state index is 12.5. The van der Waals surface area contributed by atoms with Gasteiger partial charge < -0.3 is 0 Å². The molecule has 0 bridgehead atoms. The van der Waals surface area contributed by atoms with Crippen LogP contribution in [0.3, 0.4) is 0 Å². The molecular weight excluding hydrogens is 291 g/mol. The Balaban J connectivity index is 3.71. The molecule has 1 aromatic carbocycles. The van der Waals surface area contributed by atoms with E-state index in [2.05, 4.69) is 0 Å². The molecule has 0 aromatic heterocycles. The molecule has 0 heterocycles. The minimum Gasteiger partial charge on any atom is -0.166 e. The lowest BCUT2D eigenvalue weighted by atomic mass is 9.95. The highest BCUT2D eigenvalue weighted by Gasteiger charge is 2.47. The van der Waals surface area contributed by atoms with Gasteiger partial charge in [-0.05, 0) is 24.6 Å². The first-order chi connectivity index (χ1) is 8.26. The Hall–Kier alpha value is -1.41. The second-order valence-electron chi connectivity index (χ2n) is 3.57. The number of rotatable bonds is 0. The molecule has 1 rings (SSSR count). The molecule has 0 saturated carbocycles. The van der Waals surface area contributed by atoms with Crippen molar-refractivity contribution in [3.63, 3.8) is 0 Å². The van der Waals surface area contributed by atoms with Crippen molar-refractivity contribution in [1.82, 2.24) is 0 Å². The van der Waals surface area contributed by atoms with Crippen LogP contribution in [-0.4, -0.2) is 0 Å². The van der Waals surface area contributed by atoms with E-state index < -0.39 is 40.8 Å². The largest absolute Gasteiger partial charge is 0.417 e. The SMILES string of the molecule is Cc1c(C(F)(F)F)c[c]c(C(F)(F)F)c1C(F)(F)F. The van der Waals surface area contributed by atoms with E-state index in [4.69, 9.17) is 0 Å². The number of benzene rings is 1. The number of hydrogen-bond donors (Lipinski definition) is 0. The van der Waals surface area contributed by atoms with Gasteiger partial charge in [-0.1, -0.05) is 0 Å². The molecule has 0 aliphatic heterocycles. The Bertz CT molecular complexity index is 475. The van der Waals surface area contributed by atoms with Crippen molar-refractivity contribution in [2.45, 2.75) is 25.5 Å².